The summed E-state index contributed by atoms with van der Waals surface area (Å²) in [5.74, 6) is 0.658. The Labute approximate surface area is 122 Å². The molecule has 0 bridgehead atoms. The van der Waals surface area contributed by atoms with Gasteiger partial charge in [0.1, 0.15) is 0 Å². The van der Waals surface area contributed by atoms with E-state index in [0.717, 1.165) is 29.7 Å². The number of hydrogen-bond acceptors (Lipinski definition) is 3. The molecular formula is C14H19BrN4. The molecule has 2 aromatic rings. The molecule has 0 aliphatic heterocycles. The Kier molecular flexibility index (Phi) is 5.10. The minimum Gasteiger partial charge on any atom is -0.311 e. The van der Waals surface area contributed by atoms with Crippen LogP contribution in [0.1, 0.15) is 25.1 Å². The maximum atomic E-state index is 4.37. The Bertz CT molecular complexity index is 522. The van der Waals surface area contributed by atoms with Gasteiger partial charge in [-0.2, -0.15) is 5.10 Å². The summed E-state index contributed by atoms with van der Waals surface area (Å²) in [5, 5.41) is 7.81. The van der Waals surface area contributed by atoms with Crippen LogP contribution in [0, 0.1) is 5.92 Å². The zero-order chi connectivity index (χ0) is 13.7. The van der Waals surface area contributed by atoms with Crippen LogP contribution in [0.4, 0.5) is 0 Å². The molecule has 2 rings (SSSR count). The molecule has 102 valence electrons. The van der Waals surface area contributed by atoms with Crippen molar-refractivity contribution in [3.63, 3.8) is 0 Å². The average molecular weight is 323 g/mol. The first kappa shape index (κ1) is 14.2. The van der Waals surface area contributed by atoms with Gasteiger partial charge < -0.3 is 5.32 Å². The summed E-state index contributed by atoms with van der Waals surface area (Å²) in [6.07, 6.45) is 5.51. The third kappa shape index (κ3) is 4.44. The normalized spacial score (nSPS) is 11.2. The SMILES string of the molecule is CC(C)CNCc1ccnn1Cc1cncc(Br)c1. The number of nitrogens with zero attached hydrogens (tertiary/aromatic N) is 3. The first-order chi connectivity index (χ1) is 9.15. The first-order valence-electron chi connectivity index (χ1n) is 6.46. The Morgan fingerprint density at radius 2 is 2.21 bits per heavy atom. The van der Waals surface area contributed by atoms with E-state index in [2.05, 4.69) is 57.3 Å². The van der Waals surface area contributed by atoms with Crippen LogP contribution in [0.25, 0.3) is 0 Å². The van der Waals surface area contributed by atoms with E-state index in [4.69, 9.17) is 0 Å². The molecule has 0 saturated heterocycles. The van der Waals surface area contributed by atoms with Gasteiger partial charge >= 0.3 is 0 Å². The van der Waals surface area contributed by atoms with Gasteiger partial charge in [-0.15, -0.1) is 0 Å². The van der Waals surface area contributed by atoms with Gasteiger partial charge in [0.15, 0.2) is 0 Å². The molecule has 0 aromatic carbocycles. The molecule has 0 aliphatic rings. The molecule has 0 spiro atoms. The van der Waals surface area contributed by atoms with Crippen LogP contribution in [0.3, 0.4) is 0 Å². The van der Waals surface area contributed by atoms with Crippen LogP contribution in [-0.2, 0) is 13.1 Å². The zero-order valence-electron chi connectivity index (χ0n) is 11.3. The zero-order valence-corrected chi connectivity index (χ0v) is 12.9. The van der Waals surface area contributed by atoms with Gasteiger partial charge in [0.25, 0.3) is 0 Å². The molecule has 2 aromatic heterocycles. The Hall–Kier alpha value is -1.20. The highest BCUT2D eigenvalue weighted by atomic mass is 79.9. The van der Waals surface area contributed by atoms with E-state index in [0.29, 0.717) is 5.92 Å². The van der Waals surface area contributed by atoms with Crippen molar-refractivity contribution in [2.24, 2.45) is 5.92 Å². The summed E-state index contributed by atoms with van der Waals surface area (Å²) in [4.78, 5) is 4.18. The van der Waals surface area contributed by atoms with E-state index < -0.39 is 0 Å². The highest BCUT2D eigenvalue weighted by Crippen LogP contribution is 2.11. The summed E-state index contributed by atoms with van der Waals surface area (Å²) < 4.78 is 3.01. The van der Waals surface area contributed by atoms with Crippen LogP contribution in [0.5, 0.6) is 0 Å². The van der Waals surface area contributed by atoms with Gasteiger partial charge in [-0.3, -0.25) is 9.67 Å². The number of nitrogens with one attached hydrogen (secondary N) is 1. The highest BCUT2D eigenvalue weighted by molar-refractivity contribution is 9.10. The van der Waals surface area contributed by atoms with Gasteiger partial charge in [-0.25, -0.2) is 0 Å². The lowest BCUT2D eigenvalue weighted by atomic mass is 10.2. The lowest BCUT2D eigenvalue weighted by molar-refractivity contribution is 0.529. The van der Waals surface area contributed by atoms with E-state index in [1.54, 1.807) is 6.20 Å². The number of rotatable bonds is 6. The molecule has 0 amide bonds. The quantitative estimate of drug-likeness (QED) is 0.889. The molecule has 0 unspecified atom stereocenters. The van der Waals surface area contributed by atoms with Gasteiger partial charge in [-0.1, -0.05) is 13.8 Å². The van der Waals surface area contributed by atoms with Crippen LogP contribution >= 0.6 is 15.9 Å². The van der Waals surface area contributed by atoms with E-state index in [1.807, 2.05) is 17.1 Å². The summed E-state index contributed by atoms with van der Waals surface area (Å²) in [5.41, 5.74) is 2.34. The van der Waals surface area contributed by atoms with Crippen LogP contribution in [0.15, 0.2) is 35.2 Å². The second-order valence-electron chi connectivity index (χ2n) is 5.02. The van der Waals surface area contributed by atoms with Crippen molar-refractivity contribution in [1.29, 1.82) is 0 Å². The molecule has 19 heavy (non-hydrogen) atoms. The van der Waals surface area contributed by atoms with Gasteiger partial charge in [0.2, 0.25) is 0 Å². The highest BCUT2D eigenvalue weighted by Gasteiger charge is 2.04. The van der Waals surface area contributed by atoms with Crippen molar-refractivity contribution < 1.29 is 0 Å². The van der Waals surface area contributed by atoms with Crippen molar-refractivity contribution in [2.75, 3.05) is 6.54 Å². The average Bonchev–Trinajstić information content (AvgIpc) is 2.76. The monoisotopic (exact) mass is 322 g/mol. The largest absolute Gasteiger partial charge is 0.311 e. The van der Waals surface area contributed by atoms with Crippen molar-refractivity contribution >= 4 is 15.9 Å². The Morgan fingerprint density at radius 1 is 1.37 bits per heavy atom. The van der Waals surface area contributed by atoms with E-state index >= 15 is 0 Å². The molecule has 0 fully saturated rings. The number of aromatic nitrogens is 3. The van der Waals surface area contributed by atoms with Crippen molar-refractivity contribution in [2.45, 2.75) is 26.9 Å². The maximum absolute atomic E-state index is 4.37. The van der Waals surface area contributed by atoms with Gasteiger partial charge in [-0.05, 0) is 46.1 Å². The number of hydrogen-bond donors (Lipinski definition) is 1. The minimum absolute atomic E-state index is 0.658. The third-order valence-corrected chi connectivity index (χ3v) is 3.19. The van der Waals surface area contributed by atoms with E-state index in [-0.39, 0.29) is 0 Å². The van der Waals surface area contributed by atoms with Gasteiger partial charge in [0, 0.05) is 29.6 Å². The molecule has 0 radical (unpaired) electrons. The predicted molar refractivity (Wildman–Crippen MR) is 79.8 cm³/mol. The standard InChI is InChI=1S/C14H19BrN4/c1-11(2)6-16-9-14-3-4-18-19(14)10-12-5-13(15)8-17-7-12/h3-5,7-8,11,16H,6,9-10H2,1-2H3. The van der Waals surface area contributed by atoms with Crippen molar-refractivity contribution in [3.05, 3.63) is 46.5 Å². The molecule has 0 atom stereocenters. The van der Waals surface area contributed by atoms with Crippen LogP contribution in [-0.4, -0.2) is 21.3 Å². The van der Waals surface area contributed by atoms with Gasteiger partial charge in [0.05, 0.1) is 12.2 Å². The summed E-state index contributed by atoms with van der Waals surface area (Å²) in [7, 11) is 0. The lowest BCUT2D eigenvalue weighted by Gasteiger charge is -2.10. The maximum Gasteiger partial charge on any atom is 0.0678 e. The summed E-state index contributed by atoms with van der Waals surface area (Å²) in [6, 6.07) is 4.12. The minimum atomic E-state index is 0.658. The fourth-order valence-corrected chi connectivity index (χ4v) is 2.27. The second-order valence-corrected chi connectivity index (χ2v) is 5.93. The summed E-state index contributed by atoms with van der Waals surface area (Å²) >= 11 is 3.44. The molecule has 0 saturated carbocycles. The number of halogens is 1. The fraction of sp³-hybridized carbons (Fsp3) is 0.429. The Balaban J connectivity index is 1.99. The lowest BCUT2D eigenvalue weighted by Crippen LogP contribution is -2.21. The van der Waals surface area contributed by atoms with Crippen molar-refractivity contribution in [1.82, 2.24) is 20.1 Å². The fourth-order valence-electron chi connectivity index (χ4n) is 1.86. The summed E-state index contributed by atoms with van der Waals surface area (Å²) in [6.45, 7) is 7.02. The van der Waals surface area contributed by atoms with Crippen molar-refractivity contribution in [3.8, 4) is 0 Å². The van der Waals surface area contributed by atoms with Crippen LogP contribution < -0.4 is 5.32 Å². The van der Waals surface area contributed by atoms with E-state index in [1.165, 1.54) is 5.69 Å². The molecular weight excluding hydrogens is 304 g/mol. The first-order valence-corrected chi connectivity index (χ1v) is 7.25. The van der Waals surface area contributed by atoms with Crippen LogP contribution in [0.2, 0.25) is 0 Å². The molecule has 0 aliphatic carbocycles. The topological polar surface area (TPSA) is 42.7 Å². The van der Waals surface area contributed by atoms with E-state index in [9.17, 15) is 0 Å². The third-order valence-electron chi connectivity index (χ3n) is 2.76. The Morgan fingerprint density at radius 3 is 2.95 bits per heavy atom. The molecule has 2 heterocycles. The molecule has 5 heteroatoms. The smallest absolute Gasteiger partial charge is 0.0678 e. The second kappa shape index (κ2) is 6.82. The number of pyridine rings is 1. The molecule has 1 N–H and O–H groups in total. The predicted octanol–water partition coefficient (Wildman–Crippen LogP) is 2.83. The molecule has 4 nitrogen and oxygen atoms in total.